The van der Waals surface area contributed by atoms with Crippen molar-refractivity contribution in [3.8, 4) is 0 Å². The van der Waals surface area contributed by atoms with Gasteiger partial charge in [0, 0.05) is 37.5 Å². The Morgan fingerprint density at radius 3 is 2.45 bits per heavy atom. The average Bonchev–Trinajstić information content (AvgIpc) is 3.16. The first-order valence-corrected chi connectivity index (χ1v) is 12.0. The maximum Gasteiger partial charge on any atom is 0.245 e. The highest BCUT2D eigenvalue weighted by Crippen LogP contribution is 2.38. The van der Waals surface area contributed by atoms with Gasteiger partial charge in [0.2, 0.25) is 15.9 Å². The van der Waals surface area contributed by atoms with Gasteiger partial charge in [-0.1, -0.05) is 23.7 Å². The number of piperidine rings is 1. The molecule has 0 aliphatic carbocycles. The first kappa shape index (κ1) is 22.2. The van der Waals surface area contributed by atoms with E-state index in [1.807, 2.05) is 12.1 Å². The van der Waals surface area contributed by atoms with Crippen molar-refractivity contribution in [1.29, 1.82) is 0 Å². The maximum absolute atomic E-state index is 13.6. The summed E-state index contributed by atoms with van der Waals surface area (Å²) in [5.41, 5.74) is 0.179. The highest BCUT2D eigenvalue weighted by Gasteiger charge is 2.51. The third-order valence-corrected chi connectivity index (χ3v) is 8.20. The summed E-state index contributed by atoms with van der Waals surface area (Å²) < 4.78 is 47.5. The van der Waals surface area contributed by atoms with Gasteiger partial charge in [-0.05, 0) is 48.4 Å². The number of amides is 1. The number of benzene rings is 2. The van der Waals surface area contributed by atoms with E-state index in [2.05, 4.69) is 0 Å². The number of rotatable bonds is 4. The summed E-state index contributed by atoms with van der Waals surface area (Å²) in [4.78, 5) is 14.5. The van der Waals surface area contributed by atoms with Gasteiger partial charge in [0.05, 0.1) is 17.9 Å². The molecule has 2 aromatic carbocycles. The Bertz CT molecular complexity index is 1080. The summed E-state index contributed by atoms with van der Waals surface area (Å²) in [6.45, 7) is 2.87. The van der Waals surface area contributed by atoms with E-state index in [1.54, 1.807) is 17.0 Å². The van der Waals surface area contributed by atoms with Crippen LogP contribution in [0.3, 0.4) is 0 Å². The van der Waals surface area contributed by atoms with Gasteiger partial charge in [0.15, 0.2) is 0 Å². The molecule has 4 rings (SSSR count). The molecule has 9 heteroatoms. The molecule has 0 N–H and O–H groups in total. The molecule has 0 aromatic heterocycles. The fraction of sp³-hybridized carbons (Fsp3) is 0.409. The molecule has 1 spiro atoms. The number of carbonyl (C=O) groups is 1. The summed E-state index contributed by atoms with van der Waals surface area (Å²) in [6, 6.07) is 11.0. The fourth-order valence-corrected chi connectivity index (χ4v) is 6.16. The summed E-state index contributed by atoms with van der Waals surface area (Å²) >= 11 is 5.90. The third kappa shape index (κ3) is 4.35. The van der Waals surface area contributed by atoms with Crippen molar-refractivity contribution in [3.05, 3.63) is 64.4 Å². The topological polar surface area (TPSA) is 66.9 Å². The van der Waals surface area contributed by atoms with Crippen LogP contribution in [0.25, 0.3) is 0 Å². The second kappa shape index (κ2) is 8.50. The van der Waals surface area contributed by atoms with Gasteiger partial charge in [-0.25, -0.2) is 12.8 Å². The third-order valence-electron chi connectivity index (χ3n) is 6.00. The van der Waals surface area contributed by atoms with Gasteiger partial charge in [-0.15, -0.1) is 0 Å². The van der Waals surface area contributed by atoms with Crippen molar-refractivity contribution in [1.82, 2.24) is 9.21 Å². The number of hydrogen-bond acceptors (Lipinski definition) is 4. The molecule has 0 unspecified atom stereocenters. The van der Waals surface area contributed by atoms with Crippen molar-refractivity contribution in [2.45, 2.75) is 36.8 Å². The molecule has 2 aromatic rings. The van der Waals surface area contributed by atoms with E-state index in [0.717, 1.165) is 5.56 Å². The largest absolute Gasteiger partial charge is 0.358 e. The Kier molecular flexibility index (Phi) is 6.09. The molecule has 0 atom stereocenters. The number of hydrogen-bond donors (Lipinski definition) is 0. The van der Waals surface area contributed by atoms with Crippen molar-refractivity contribution in [2.75, 3.05) is 26.2 Å². The lowest BCUT2D eigenvalue weighted by Crippen LogP contribution is -2.55. The van der Waals surface area contributed by atoms with E-state index < -0.39 is 21.6 Å². The lowest BCUT2D eigenvalue weighted by atomic mass is 10.00. The van der Waals surface area contributed by atoms with Crippen LogP contribution in [0.4, 0.5) is 4.39 Å². The van der Waals surface area contributed by atoms with Crippen LogP contribution in [0.15, 0.2) is 47.4 Å². The second-order valence-corrected chi connectivity index (χ2v) is 10.3. The van der Waals surface area contributed by atoms with Crippen LogP contribution in [0.5, 0.6) is 0 Å². The molecule has 1 amide bonds. The van der Waals surface area contributed by atoms with Gasteiger partial charge in [0.25, 0.3) is 0 Å². The minimum Gasteiger partial charge on any atom is -0.358 e. The number of halogens is 2. The average molecular weight is 467 g/mol. The smallest absolute Gasteiger partial charge is 0.245 e. The highest BCUT2D eigenvalue weighted by molar-refractivity contribution is 7.89. The standard InChI is InChI=1S/C22H24ClFN2O4S/c1-16-14-19(6-7-20(16)24)31(28,29)26-12-13-30-22(26)8-10-25(11-9-22)21(27)15-17-2-4-18(23)5-3-17/h2-7,14H,8-13,15H2,1H3. The molecule has 6 nitrogen and oxygen atoms in total. The van der Waals surface area contributed by atoms with E-state index in [4.69, 9.17) is 16.3 Å². The van der Waals surface area contributed by atoms with E-state index >= 15 is 0 Å². The molecule has 166 valence electrons. The molecule has 0 bridgehead atoms. The van der Waals surface area contributed by atoms with Crippen LogP contribution in [-0.4, -0.2) is 55.5 Å². The van der Waals surface area contributed by atoms with Crippen LogP contribution in [-0.2, 0) is 26.0 Å². The molecule has 2 saturated heterocycles. The molecular weight excluding hydrogens is 443 g/mol. The second-order valence-electron chi connectivity index (χ2n) is 7.97. The SMILES string of the molecule is Cc1cc(S(=O)(=O)N2CCOC23CCN(C(=O)Cc2ccc(Cl)cc2)CC3)ccc1F. The zero-order valence-electron chi connectivity index (χ0n) is 17.2. The van der Waals surface area contributed by atoms with Gasteiger partial charge < -0.3 is 9.64 Å². The molecule has 0 radical (unpaired) electrons. The first-order chi connectivity index (χ1) is 14.7. The minimum atomic E-state index is -3.85. The predicted octanol–water partition coefficient (Wildman–Crippen LogP) is 3.37. The summed E-state index contributed by atoms with van der Waals surface area (Å²) in [5, 5.41) is 0.618. The lowest BCUT2D eigenvalue weighted by molar-refractivity contribution is -0.139. The van der Waals surface area contributed by atoms with Crippen molar-refractivity contribution in [3.63, 3.8) is 0 Å². The summed E-state index contributed by atoms with van der Waals surface area (Å²) in [6.07, 6.45) is 1.04. The number of sulfonamides is 1. The molecular formula is C22H24ClFN2O4S. The minimum absolute atomic E-state index is 0.0151. The van der Waals surface area contributed by atoms with Gasteiger partial charge in [-0.2, -0.15) is 4.31 Å². The molecule has 0 saturated carbocycles. The Balaban J connectivity index is 1.47. The quantitative estimate of drug-likeness (QED) is 0.693. The first-order valence-electron chi connectivity index (χ1n) is 10.2. The van der Waals surface area contributed by atoms with Gasteiger partial charge in [-0.3, -0.25) is 4.79 Å². The van der Waals surface area contributed by atoms with Crippen LogP contribution >= 0.6 is 11.6 Å². The van der Waals surface area contributed by atoms with E-state index in [-0.39, 0.29) is 35.9 Å². The molecule has 2 fully saturated rings. The molecule has 2 aliphatic heterocycles. The van der Waals surface area contributed by atoms with E-state index in [0.29, 0.717) is 31.0 Å². The number of aryl methyl sites for hydroxylation is 1. The molecule has 31 heavy (non-hydrogen) atoms. The van der Waals surface area contributed by atoms with Gasteiger partial charge in [0.1, 0.15) is 11.5 Å². The van der Waals surface area contributed by atoms with E-state index in [9.17, 15) is 17.6 Å². The number of nitrogens with zero attached hydrogens (tertiary/aromatic N) is 2. The highest BCUT2D eigenvalue weighted by atomic mass is 35.5. The molecule has 2 aliphatic rings. The Morgan fingerprint density at radius 2 is 1.81 bits per heavy atom. The predicted molar refractivity (Wildman–Crippen MR) is 115 cm³/mol. The maximum atomic E-state index is 13.6. The van der Waals surface area contributed by atoms with Crippen LogP contribution < -0.4 is 0 Å². The van der Waals surface area contributed by atoms with Crippen molar-refractivity contribution < 1.29 is 22.3 Å². The summed E-state index contributed by atoms with van der Waals surface area (Å²) in [7, 11) is -3.85. The Hall–Kier alpha value is -2.00. The van der Waals surface area contributed by atoms with Gasteiger partial charge >= 0.3 is 0 Å². The Labute approximate surface area is 186 Å². The zero-order valence-corrected chi connectivity index (χ0v) is 18.8. The van der Waals surface area contributed by atoms with E-state index in [1.165, 1.54) is 29.4 Å². The van der Waals surface area contributed by atoms with Crippen molar-refractivity contribution >= 4 is 27.5 Å². The van der Waals surface area contributed by atoms with Crippen LogP contribution in [0, 0.1) is 12.7 Å². The summed E-state index contributed by atoms with van der Waals surface area (Å²) in [5.74, 6) is -0.461. The monoisotopic (exact) mass is 466 g/mol. The van der Waals surface area contributed by atoms with Crippen molar-refractivity contribution in [2.24, 2.45) is 0 Å². The van der Waals surface area contributed by atoms with Crippen LogP contribution in [0.1, 0.15) is 24.0 Å². The lowest BCUT2D eigenvalue weighted by Gasteiger charge is -2.42. The normalized spacial score (nSPS) is 19.1. The number of likely N-dealkylation sites (tertiary alicyclic amines) is 1. The Morgan fingerprint density at radius 1 is 1.13 bits per heavy atom. The van der Waals surface area contributed by atoms with Crippen LogP contribution in [0.2, 0.25) is 5.02 Å². The zero-order chi connectivity index (χ0) is 22.2. The number of ether oxygens (including phenoxy) is 1. The molecule has 2 heterocycles. The number of carbonyl (C=O) groups excluding carboxylic acids is 1. The fourth-order valence-electron chi connectivity index (χ4n) is 4.23.